The van der Waals surface area contributed by atoms with Crippen molar-refractivity contribution in [2.75, 3.05) is 0 Å². The zero-order valence-electron chi connectivity index (χ0n) is 9.07. The Balaban J connectivity index is 2.63. The third-order valence-electron chi connectivity index (χ3n) is 2.41. The van der Waals surface area contributed by atoms with Crippen LogP contribution in [0.1, 0.15) is 25.0 Å². The van der Waals surface area contributed by atoms with Crippen molar-refractivity contribution in [3.8, 4) is 0 Å². The second-order valence-corrected chi connectivity index (χ2v) is 4.46. The molecule has 1 N–H and O–H groups in total. The molecule has 0 spiro atoms. The van der Waals surface area contributed by atoms with Gasteiger partial charge in [0.15, 0.2) is 0 Å². The molecule has 1 aromatic heterocycles. The molecule has 1 heterocycles. The van der Waals surface area contributed by atoms with Crippen LogP contribution in [-0.4, -0.2) is 15.6 Å². The fraction of sp³-hybridized carbons (Fsp3) is 0.455. The number of halogens is 1. The van der Waals surface area contributed by atoms with Gasteiger partial charge in [-0.15, -0.1) is 0 Å². The lowest BCUT2D eigenvalue weighted by Gasteiger charge is -2.10. The second-order valence-electron chi connectivity index (χ2n) is 3.61. The summed E-state index contributed by atoms with van der Waals surface area (Å²) in [6.07, 6.45) is 1.44. The standard InChI is InChI=1S/C11H14BrNO3/c1-8-9(12)5-6-10(14)13(8)7-3-2-4-11(15)16/h5-6H,2-4,7H2,1H3,(H,15,16). The molecule has 0 bridgehead atoms. The van der Waals surface area contributed by atoms with Crippen LogP contribution in [0.5, 0.6) is 0 Å². The highest BCUT2D eigenvalue weighted by Gasteiger charge is 2.04. The normalized spacial score (nSPS) is 10.4. The monoisotopic (exact) mass is 287 g/mol. The first kappa shape index (κ1) is 13.0. The number of pyridine rings is 1. The molecule has 0 fully saturated rings. The number of aromatic nitrogens is 1. The van der Waals surface area contributed by atoms with Crippen molar-refractivity contribution in [3.05, 3.63) is 32.7 Å². The number of aliphatic carboxylic acids is 1. The molecule has 0 aliphatic carbocycles. The van der Waals surface area contributed by atoms with E-state index in [1.165, 1.54) is 6.07 Å². The second kappa shape index (κ2) is 5.84. The molecule has 4 nitrogen and oxygen atoms in total. The number of carbonyl (C=O) groups is 1. The fourth-order valence-electron chi connectivity index (χ4n) is 1.47. The molecule has 88 valence electrons. The van der Waals surface area contributed by atoms with Gasteiger partial charge in [-0.2, -0.15) is 0 Å². The van der Waals surface area contributed by atoms with E-state index in [0.29, 0.717) is 19.4 Å². The maximum Gasteiger partial charge on any atom is 0.303 e. The topological polar surface area (TPSA) is 59.3 Å². The number of rotatable bonds is 5. The minimum Gasteiger partial charge on any atom is -0.481 e. The molecule has 0 aliphatic rings. The lowest BCUT2D eigenvalue weighted by atomic mass is 10.2. The van der Waals surface area contributed by atoms with E-state index in [9.17, 15) is 9.59 Å². The van der Waals surface area contributed by atoms with Gasteiger partial charge in [-0.05, 0) is 41.8 Å². The third kappa shape index (κ3) is 3.48. The highest BCUT2D eigenvalue weighted by atomic mass is 79.9. The quantitative estimate of drug-likeness (QED) is 0.845. The zero-order chi connectivity index (χ0) is 12.1. The molecule has 0 unspecified atom stereocenters. The molecule has 1 aromatic rings. The van der Waals surface area contributed by atoms with Gasteiger partial charge in [0.2, 0.25) is 0 Å². The van der Waals surface area contributed by atoms with Crippen LogP contribution >= 0.6 is 15.9 Å². The van der Waals surface area contributed by atoms with E-state index in [2.05, 4.69) is 15.9 Å². The molecule has 0 saturated carbocycles. The Morgan fingerprint density at radius 2 is 2.12 bits per heavy atom. The van der Waals surface area contributed by atoms with Gasteiger partial charge in [0.25, 0.3) is 5.56 Å². The fourth-order valence-corrected chi connectivity index (χ4v) is 1.82. The van der Waals surface area contributed by atoms with Gasteiger partial charge in [0, 0.05) is 29.2 Å². The Labute approximate surface area is 102 Å². The average Bonchev–Trinajstić information content (AvgIpc) is 2.22. The van der Waals surface area contributed by atoms with Gasteiger partial charge in [0.1, 0.15) is 0 Å². The molecule has 0 saturated heterocycles. The van der Waals surface area contributed by atoms with E-state index >= 15 is 0 Å². The Morgan fingerprint density at radius 3 is 2.75 bits per heavy atom. The number of hydrogen-bond donors (Lipinski definition) is 1. The Bertz CT molecular complexity index is 439. The van der Waals surface area contributed by atoms with Crippen LogP contribution in [-0.2, 0) is 11.3 Å². The Hall–Kier alpha value is -1.10. The predicted octanol–water partition coefficient (Wildman–Crippen LogP) is 2.17. The summed E-state index contributed by atoms with van der Waals surface area (Å²) in [5, 5.41) is 8.49. The van der Waals surface area contributed by atoms with E-state index in [4.69, 9.17) is 5.11 Å². The first-order valence-corrected chi connectivity index (χ1v) is 5.89. The third-order valence-corrected chi connectivity index (χ3v) is 3.25. The van der Waals surface area contributed by atoms with Crippen LogP contribution < -0.4 is 5.56 Å². The van der Waals surface area contributed by atoms with Gasteiger partial charge >= 0.3 is 5.97 Å². The van der Waals surface area contributed by atoms with Crippen molar-refractivity contribution in [1.82, 2.24) is 4.57 Å². The summed E-state index contributed by atoms with van der Waals surface area (Å²) in [6, 6.07) is 3.24. The number of unbranched alkanes of at least 4 members (excludes halogenated alkanes) is 1. The summed E-state index contributed by atoms with van der Waals surface area (Å²) in [5.41, 5.74) is 0.832. The minimum absolute atomic E-state index is 0.0453. The molecule has 5 heteroatoms. The summed E-state index contributed by atoms with van der Waals surface area (Å²) in [6.45, 7) is 2.43. The smallest absolute Gasteiger partial charge is 0.303 e. The Kier molecular flexibility index (Phi) is 4.73. The van der Waals surface area contributed by atoms with E-state index < -0.39 is 5.97 Å². The number of nitrogens with zero attached hydrogens (tertiary/aromatic N) is 1. The molecule has 0 amide bonds. The predicted molar refractivity (Wildman–Crippen MR) is 64.6 cm³/mol. The van der Waals surface area contributed by atoms with Gasteiger partial charge in [-0.25, -0.2) is 0 Å². The van der Waals surface area contributed by atoms with Crippen molar-refractivity contribution in [2.24, 2.45) is 0 Å². The van der Waals surface area contributed by atoms with Crippen LogP contribution in [0.15, 0.2) is 21.4 Å². The number of carboxylic acid groups (broad SMARTS) is 1. The molecule has 0 radical (unpaired) electrons. The van der Waals surface area contributed by atoms with E-state index in [-0.39, 0.29) is 12.0 Å². The van der Waals surface area contributed by atoms with Crippen molar-refractivity contribution in [1.29, 1.82) is 0 Å². The van der Waals surface area contributed by atoms with Crippen molar-refractivity contribution in [2.45, 2.75) is 32.7 Å². The molecule has 16 heavy (non-hydrogen) atoms. The summed E-state index contributed by atoms with van der Waals surface area (Å²) < 4.78 is 2.55. The van der Waals surface area contributed by atoms with E-state index in [1.54, 1.807) is 10.6 Å². The zero-order valence-corrected chi connectivity index (χ0v) is 10.7. The number of carboxylic acids is 1. The van der Waals surface area contributed by atoms with Gasteiger partial charge < -0.3 is 9.67 Å². The lowest BCUT2D eigenvalue weighted by Crippen LogP contribution is -2.21. The summed E-state index contributed by atoms with van der Waals surface area (Å²) in [4.78, 5) is 21.9. The van der Waals surface area contributed by atoms with Crippen molar-refractivity contribution in [3.63, 3.8) is 0 Å². The molecular formula is C11H14BrNO3. The molecule has 1 rings (SSSR count). The molecule has 0 atom stereocenters. The van der Waals surface area contributed by atoms with Crippen LogP contribution in [0.25, 0.3) is 0 Å². The lowest BCUT2D eigenvalue weighted by molar-refractivity contribution is -0.137. The summed E-state index contributed by atoms with van der Waals surface area (Å²) in [5.74, 6) is -0.793. The first-order valence-electron chi connectivity index (χ1n) is 5.10. The minimum atomic E-state index is -0.793. The van der Waals surface area contributed by atoms with Crippen LogP contribution in [0.3, 0.4) is 0 Å². The van der Waals surface area contributed by atoms with Crippen molar-refractivity contribution >= 4 is 21.9 Å². The molecule has 0 aromatic carbocycles. The van der Waals surface area contributed by atoms with Crippen LogP contribution in [0.4, 0.5) is 0 Å². The SMILES string of the molecule is Cc1c(Br)ccc(=O)n1CCCCC(=O)O. The molecule has 0 aliphatic heterocycles. The van der Waals surface area contributed by atoms with Gasteiger partial charge in [0.05, 0.1) is 0 Å². The maximum atomic E-state index is 11.5. The van der Waals surface area contributed by atoms with Gasteiger partial charge in [-0.1, -0.05) is 0 Å². The van der Waals surface area contributed by atoms with E-state index in [1.807, 2.05) is 6.92 Å². The van der Waals surface area contributed by atoms with Gasteiger partial charge in [-0.3, -0.25) is 9.59 Å². The average molecular weight is 288 g/mol. The largest absolute Gasteiger partial charge is 0.481 e. The maximum absolute atomic E-state index is 11.5. The first-order chi connectivity index (χ1) is 7.52. The highest BCUT2D eigenvalue weighted by Crippen LogP contribution is 2.13. The Morgan fingerprint density at radius 1 is 1.44 bits per heavy atom. The van der Waals surface area contributed by atoms with E-state index in [0.717, 1.165) is 10.2 Å². The molecular weight excluding hydrogens is 274 g/mol. The highest BCUT2D eigenvalue weighted by molar-refractivity contribution is 9.10. The van der Waals surface area contributed by atoms with Crippen molar-refractivity contribution < 1.29 is 9.90 Å². The van der Waals surface area contributed by atoms with Crippen LogP contribution in [0, 0.1) is 6.92 Å². The van der Waals surface area contributed by atoms with Crippen LogP contribution in [0.2, 0.25) is 0 Å². The summed E-state index contributed by atoms with van der Waals surface area (Å²) in [7, 11) is 0. The summed E-state index contributed by atoms with van der Waals surface area (Å²) >= 11 is 3.36. The number of hydrogen-bond acceptors (Lipinski definition) is 2.